The van der Waals surface area contributed by atoms with Gasteiger partial charge < -0.3 is 4.74 Å². The summed E-state index contributed by atoms with van der Waals surface area (Å²) in [5.74, 6) is 0.591. The molecule has 2 aromatic carbocycles. The van der Waals surface area contributed by atoms with Crippen LogP contribution in [0.1, 0.15) is 16.0 Å². The fraction of sp³-hybridized carbons (Fsp3) is 0.143. The van der Waals surface area contributed by atoms with Crippen LogP contribution >= 0.6 is 15.9 Å². The van der Waals surface area contributed by atoms with Crippen LogP contribution in [0.5, 0.6) is 5.75 Å². The molecule has 0 aliphatic rings. The first kappa shape index (κ1) is 12.1. The highest BCUT2D eigenvalue weighted by Gasteiger charge is 2.10. The second-order valence-corrected chi connectivity index (χ2v) is 4.61. The molecule has 0 amide bonds. The van der Waals surface area contributed by atoms with Crippen LogP contribution in [0, 0.1) is 5.82 Å². The molecule has 0 aromatic heterocycles. The minimum atomic E-state index is -0.222. The zero-order chi connectivity index (χ0) is 12.3. The highest BCUT2D eigenvalue weighted by molar-refractivity contribution is 9.09. The number of hydrogen-bond donors (Lipinski definition) is 0. The summed E-state index contributed by atoms with van der Waals surface area (Å²) in [6.45, 7) is 0. The molecule has 88 valence electrons. The molecular weight excluding hydrogens is 283 g/mol. The van der Waals surface area contributed by atoms with Gasteiger partial charge in [0.05, 0.1) is 11.9 Å². The topological polar surface area (TPSA) is 9.23 Å². The van der Waals surface area contributed by atoms with Gasteiger partial charge in [0.1, 0.15) is 11.6 Å². The monoisotopic (exact) mass is 294 g/mol. The van der Waals surface area contributed by atoms with Gasteiger partial charge in [0.25, 0.3) is 0 Å². The lowest BCUT2D eigenvalue weighted by atomic mass is 10.0. The van der Waals surface area contributed by atoms with E-state index in [1.807, 2.05) is 30.3 Å². The van der Waals surface area contributed by atoms with Crippen molar-refractivity contribution >= 4 is 15.9 Å². The molecule has 2 aromatic rings. The summed E-state index contributed by atoms with van der Waals surface area (Å²) in [5.41, 5.74) is 1.96. The van der Waals surface area contributed by atoms with Crippen LogP contribution in [-0.2, 0) is 0 Å². The van der Waals surface area contributed by atoms with Crippen LogP contribution in [-0.4, -0.2) is 7.11 Å². The molecule has 0 heterocycles. The summed E-state index contributed by atoms with van der Waals surface area (Å²) in [4.78, 5) is -0.0101. The Hall–Kier alpha value is -1.35. The van der Waals surface area contributed by atoms with E-state index in [1.54, 1.807) is 13.2 Å². The minimum Gasteiger partial charge on any atom is -0.497 e. The number of hydrogen-bond acceptors (Lipinski definition) is 1. The average Bonchev–Trinajstić information content (AvgIpc) is 2.38. The van der Waals surface area contributed by atoms with Gasteiger partial charge in [-0.3, -0.25) is 0 Å². The molecule has 3 heteroatoms. The van der Waals surface area contributed by atoms with Crippen molar-refractivity contribution in [3.05, 3.63) is 65.5 Å². The Morgan fingerprint density at radius 1 is 1.06 bits per heavy atom. The van der Waals surface area contributed by atoms with Crippen LogP contribution in [0.3, 0.4) is 0 Å². The maximum Gasteiger partial charge on any atom is 0.123 e. The van der Waals surface area contributed by atoms with Crippen molar-refractivity contribution in [3.8, 4) is 5.75 Å². The molecule has 0 aliphatic carbocycles. The largest absolute Gasteiger partial charge is 0.497 e. The van der Waals surface area contributed by atoms with E-state index in [1.165, 1.54) is 12.1 Å². The first-order valence-corrected chi connectivity index (χ1v) is 6.16. The van der Waals surface area contributed by atoms with Crippen LogP contribution in [0.15, 0.2) is 48.5 Å². The number of alkyl halides is 1. The van der Waals surface area contributed by atoms with Crippen molar-refractivity contribution in [2.24, 2.45) is 0 Å². The SMILES string of the molecule is COc1ccc(C(Br)c2cccc(F)c2)cc1. The van der Waals surface area contributed by atoms with Crippen LogP contribution in [0.4, 0.5) is 4.39 Å². The van der Waals surface area contributed by atoms with Gasteiger partial charge in [-0.1, -0.05) is 40.2 Å². The maximum absolute atomic E-state index is 13.1. The van der Waals surface area contributed by atoms with Gasteiger partial charge in [-0.2, -0.15) is 0 Å². The molecular formula is C14H12BrFO. The Balaban J connectivity index is 2.27. The number of halogens is 2. The van der Waals surface area contributed by atoms with Crippen molar-refractivity contribution in [3.63, 3.8) is 0 Å². The predicted molar refractivity (Wildman–Crippen MR) is 70.2 cm³/mol. The summed E-state index contributed by atoms with van der Waals surface area (Å²) in [5, 5.41) is 0. The number of ether oxygens (including phenoxy) is 1. The Morgan fingerprint density at radius 3 is 2.35 bits per heavy atom. The van der Waals surface area contributed by atoms with Gasteiger partial charge in [0.15, 0.2) is 0 Å². The molecule has 0 bridgehead atoms. The van der Waals surface area contributed by atoms with Crippen molar-refractivity contribution in [2.75, 3.05) is 7.11 Å². The molecule has 1 nitrogen and oxygen atoms in total. The first-order valence-electron chi connectivity index (χ1n) is 5.24. The molecule has 0 radical (unpaired) electrons. The summed E-state index contributed by atoms with van der Waals surface area (Å²) in [7, 11) is 1.63. The van der Waals surface area contributed by atoms with Gasteiger partial charge in [-0.25, -0.2) is 4.39 Å². The van der Waals surface area contributed by atoms with Gasteiger partial charge in [0.2, 0.25) is 0 Å². The molecule has 1 atom stereocenters. The van der Waals surface area contributed by atoms with E-state index in [2.05, 4.69) is 15.9 Å². The minimum absolute atomic E-state index is 0.0101. The molecule has 1 unspecified atom stereocenters. The van der Waals surface area contributed by atoms with Gasteiger partial charge >= 0.3 is 0 Å². The van der Waals surface area contributed by atoms with Gasteiger partial charge in [-0.05, 0) is 35.4 Å². The highest BCUT2D eigenvalue weighted by Crippen LogP contribution is 2.31. The lowest BCUT2D eigenvalue weighted by molar-refractivity contribution is 0.414. The highest BCUT2D eigenvalue weighted by atomic mass is 79.9. The Labute approximate surface area is 108 Å². The second-order valence-electron chi connectivity index (χ2n) is 3.69. The summed E-state index contributed by atoms with van der Waals surface area (Å²) in [6, 6.07) is 14.3. The molecule has 17 heavy (non-hydrogen) atoms. The standard InChI is InChI=1S/C14H12BrFO/c1-17-13-7-5-10(6-8-13)14(15)11-3-2-4-12(16)9-11/h2-9,14H,1H3. The second kappa shape index (κ2) is 5.32. The Kier molecular flexibility index (Phi) is 3.79. The maximum atomic E-state index is 13.1. The van der Waals surface area contributed by atoms with Crippen molar-refractivity contribution in [1.29, 1.82) is 0 Å². The van der Waals surface area contributed by atoms with E-state index < -0.39 is 0 Å². The van der Waals surface area contributed by atoms with E-state index in [-0.39, 0.29) is 10.6 Å². The third-order valence-electron chi connectivity index (χ3n) is 2.55. The molecule has 0 saturated heterocycles. The van der Waals surface area contributed by atoms with Crippen molar-refractivity contribution in [1.82, 2.24) is 0 Å². The van der Waals surface area contributed by atoms with E-state index in [0.717, 1.165) is 16.9 Å². The van der Waals surface area contributed by atoms with E-state index in [0.29, 0.717) is 0 Å². The van der Waals surface area contributed by atoms with Crippen molar-refractivity contribution < 1.29 is 9.13 Å². The Bertz CT molecular complexity index is 496. The first-order chi connectivity index (χ1) is 8.20. The lowest BCUT2D eigenvalue weighted by Crippen LogP contribution is -1.93. The van der Waals surface area contributed by atoms with Crippen molar-refractivity contribution in [2.45, 2.75) is 4.83 Å². The van der Waals surface area contributed by atoms with Crippen LogP contribution in [0.2, 0.25) is 0 Å². The quantitative estimate of drug-likeness (QED) is 0.766. The smallest absolute Gasteiger partial charge is 0.123 e. The van der Waals surface area contributed by atoms with Crippen LogP contribution < -0.4 is 4.74 Å². The van der Waals surface area contributed by atoms with E-state index >= 15 is 0 Å². The third-order valence-corrected chi connectivity index (χ3v) is 3.61. The number of benzene rings is 2. The fourth-order valence-corrected chi connectivity index (χ4v) is 2.22. The lowest BCUT2D eigenvalue weighted by Gasteiger charge is -2.11. The fourth-order valence-electron chi connectivity index (χ4n) is 1.63. The summed E-state index contributed by atoms with van der Waals surface area (Å²) >= 11 is 3.57. The molecule has 2 rings (SSSR count). The van der Waals surface area contributed by atoms with Gasteiger partial charge in [0, 0.05) is 0 Å². The normalized spacial score (nSPS) is 12.2. The van der Waals surface area contributed by atoms with Gasteiger partial charge in [-0.15, -0.1) is 0 Å². The Morgan fingerprint density at radius 2 is 1.76 bits per heavy atom. The molecule has 0 N–H and O–H groups in total. The van der Waals surface area contributed by atoms with E-state index in [9.17, 15) is 4.39 Å². The summed E-state index contributed by atoms with van der Waals surface area (Å²) in [6.07, 6.45) is 0. The number of rotatable bonds is 3. The summed E-state index contributed by atoms with van der Waals surface area (Å²) < 4.78 is 18.2. The predicted octanol–water partition coefficient (Wildman–Crippen LogP) is 4.32. The molecule has 0 saturated carbocycles. The molecule has 0 spiro atoms. The molecule has 0 aliphatic heterocycles. The molecule has 0 fully saturated rings. The third kappa shape index (κ3) is 2.86. The average molecular weight is 295 g/mol. The van der Waals surface area contributed by atoms with E-state index in [4.69, 9.17) is 4.74 Å². The van der Waals surface area contributed by atoms with Crippen LogP contribution in [0.25, 0.3) is 0 Å². The zero-order valence-corrected chi connectivity index (χ0v) is 10.9. The zero-order valence-electron chi connectivity index (χ0n) is 9.36. The number of methoxy groups -OCH3 is 1.